The van der Waals surface area contributed by atoms with Gasteiger partial charge >= 0.3 is 0 Å². The van der Waals surface area contributed by atoms with Crippen molar-refractivity contribution in [2.24, 2.45) is 7.05 Å². The highest BCUT2D eigenvalue weighted by molar-refractivity contribution is 7.10. The van der Waals surface area contributed by atoms with Crippen molar-refractivity contribution in [3.8, 4) is 0 Å². The molecule has 4 heterocycles. The number of fused-ring (bicyclic) bond motifs is 1. The maximum atomic E-state index is 12.5. The third-order valence-electron chi connectivity index (χ3n) is 4.06. The number of anilines is 2. The predicted molar refractivity (Wildman–Crippen MR) is 95.2 cm³/mol. The fourth-order valence-electron chi connectivity index (χ4n) is 2.92. The van der Waals surface area contributed by atoms with Crippen LogP contribution in [0.1, 0.15) is 38.1 Å². The Morgan fingerprint density at radius 3 is 3.00 bits per heavy atom. The van der Waals surface area contributed by atoms with Crippen LogP contribution in [0.2, 0.25) is 0 Å². The van der Waals surface area contributed by atoms with E-state index in [4.69, 9.17) is 0 Å². The summed E-state index contributed by atoms with van der Waals surface area (Å²) in [5, 5.41) is 16.0. The lowest BCUT2D eigenvalue weighted by Gasteiger charge is -2.22. The van der Waals surface area contributed by atoms with Gasteiger partial charge in [-0.05, 0) is 29.9 Å². The Morgan fingerprint density at radius 2 is 2.32 bits per heavy atom. The van der Waals surface area contributed by atoms with Gasteiger partial charge in [0, 0.05) is 29.8 Å². The van der Waals surface area contributed by atoms with Crippen molar-refractivity contribution in [1.82, 2.24) is 19.4 Å². The third-order valence-corrected chi connectivity index (χ3v) is 5.87. The molecule has 0 saturated carbocycles. The quantitative estimate of drug-likeness (QED) is 0.733. The molecule has 10 heteroatoms. The molecule has 1 aliphatic rings. The van der Waals surface area contributed by atoms with Crippen molar-refractivity contribution < 1.29 is 9.59 Å². The van der Waals surface area contributed by atoms with Crippen molar-refractivity contribution >= 4 is 46.3 Å². The molecule has 0 unspecified atom stereocenters. The highest BCUT2D eigenvalue weighted by atomic mass is 32.1. The number of hydrogen-bond donors (Lipinski definition) is 2. The topological polar surface area (TPSA) is 102 Å². The molecular formula is C15H14N6O2S2. The maximum absolute atomic E-state index is 12.5. The second-order valence-corrected chi connectivity index (χ2v) is 7.43. The van der Waals surface area contributed by atoms with Crippen LogP contribution in [-0.4, -0.2) is 31.2 Å². The van der Waals surface area contributed by atoms with Gasteiger partial charge in [0.1, 0.15) is 10.7 Å². The number of carbonyl (C=O) groups excluding carboxylic acids is 2. The van der Waals surface area contributed by atoms with Crippen LogP contribution in [0.15, 0.2) is 17.5 Å². The highest BCUT2D eigenvalue weighted by Gasteiger charge is 2.34. The molecule has 0 radical (unpaired) electrons. The standard InChI is InChI=1S/C15H14N6O2S2/c1-7-12(25-20-18-7)15(23)17-13-11-8(9-4-3-5-24-9)6-10(22)16-14(11)21(2)19-13/h3-5,8H,6H2,1-2H3,(H,16,22)(H,17,19,23)/t8-/m1/s1. The van der Waals surface area contributed by atoms with E-state index in [-0.39, 0.29) is 17.7 Å². The van der Waals surface area contributed by atoms with Crippen LogP contribution < -0.4 is 10.6 Å². The van der Waals surface area contributed by atoms with Crippen molar-refractivity contribution in [3.05, 3.63) is 38.5 Å². The average molecular weight is 374 g/mol. The zero-order valence-electron chi connectivity index (χ0n) is 13.4. The molecule has 0 fully saturated rings. The fourth-order valence-corrected chi connectivity index (χ4v) is 4.31. The monoisotopic (exact) mass is 374 g/mol. The molecule has 3 aromatic rings. The molecule has 0 saturated heterocycles. The Labute approximate surface area is 151 Å². The molecule has 3 aromatic heterocycles. The van der Waals surface area contributed by atoms with Gasteiger partial charge in [0.25, 0.3) is 5.91 Å². The van der Waals surface area contributed by atoms with Crippen molar-refractivity contribution in [3.63, 3.8) is 0 Å². The molecule has 8 nitrogen and oxygen atoms in total. The Morgan fingerprint density at radius 1 is 1.48 bits per heavy atom. The minimum Gasteiger partial charge on any atom is -0.311 e. The van der Waals surface area contributed by atoms with Crippen molar-refractivity contribution in [2.75, 3.05) is 10.6 Å². The van der Waals surface area contributed by atoms with E-state index in [2.05, 4.69) is 25.3 Å². The van der Waals surface area contributed by atoms with Crippen molar-refractivity contribution in [2.45, 2.75) is 19.3 Å². The number of carbonyl (C=O) groups is 2. The van der Waals surface area contributed by atoms with Crippen LogP contribution in [0.25, 0.3) is 0 Å². The number of hydrogen-bond acceptors (Lipinski definition) is 7. The van der Waals surface area contributed by atoms with E-state index >= 15 is 0 Å². The highest BCUT2D eigenvalue weighted by Crippen LogP contribution is 2.42. The molecule has 2 amide bonds. The molecule has 25 heavy (non-hydrogen) atoms. The van der Waals surface area contributed by atoms with Crippen LogP contribution in [0, 0.1) is 6.92 Å². The first kappa shape index (κ1) is 15.9. The summed E-state index contributed by atoms with van der Waals surface area (Å²) in [4.78, 5) is 26.1. The van der Waals surface area contributed by atoms with Gasteiger partial charge in [-0.3, -0.25) is 14.3 Å². The molecule has 0 aliphatic carbocycles. The van der Waals surface area contributed by atoms with E-state index in [0.29, 0.717) is 28.6 Å². The summed E-state index contributed by atoms with van der Waals surface area (Å²) in [6.45, 7) is 1.74. The molecule has 0 bridgehead atoms. The lowest BCUT2D eigenvalue weighted by Crippen LogP contribution is -2.24. The number of thiophene rings is 1. The number of amides is 2. The number of aryl methyl sites for hydroxylation is 2. The Hall–Kier alpha value is -2.59. The van der Waals surface area contributed by atoms with Gasteiger partial charge in [-0.1, -0.05) is 10.6 Å². The van der Waals surface area contributed by atoms with E-state index in [1.807, 2.05) is 17.5 Å². The first-order chi connectivity index (χ1) is 12.0. The van der Waals surface area contributed by atoms with Gasteiger partial charge in [-0.2, -0.15) is 5.10 Å². The van der Waals surface area contributed by atoms with Gasteiger partial charge in [-0.15, -0.1) is 16.4 Å². The van der Waals surface area contributed by atoms with Crippen LogP contribution in [-0.2, 0) is 11.8 Å². The smallest absolute Gasteiger partial charge is 0.270 e. The predicted octanol–water partition coefficient (Wildman–Crippen LogP) is 2.37. The van der Waals surface area contributed by atoms with Crippen LogP contribution >= 0.6 is 22.9 Å². The lowest BCUT2D eigenvalue weighted by atomic mass is 9.92. The van der Waals surface area contributed by atoms with E-state index < -0.39 is 0 Å². The lowest BCUT2D eigenvalue weighted by molar-refractivity contribution is -0.116. The molecule has 0 aromatic carbocycles. The van der Waals surface area contributed by atoms with E-state index in [1.165, 1.54) is 0 Å². The van der Waals surface area contributed by atoms with Gasteiger partial charge in [0.05, 0.1) is 5.69 Å². The van der Waals surface area contributed by atoms with Gasteiger partial charge in [-0.25, -0.2) is 0 Å². The Kier molecular flexibility index (Phi) is 3.85. The Bertz CT molecular complexity index is 959. The molecule has 2 N–H and O–H groups in total. The average Bonchev–Trinajstić information content (AvgIpc) is 3.29. The summed E-state index contributed by atoms with van der Waals surface area (Å²) in [6.07, 6.45) is 0.323. The molecule has 1 atom stereocenters. The van der Waals surface area contributed by atoms with Gasteiger partial charge in [0.2, 0.25) is 5.91 Å². The van der Waals surface area contributed by atoms with E-state index in [0.717, 1.165) is 22.0 Å². The number of nitrogens with zero attached hydrogens (tertiary/aromatic N) is 4. The molecule has 1 aliphatic heterocycles. The normalized spacial score (nSPS) is 16.4. The van der Waals surface area contributed by atoms with Crippen LogP contribution in [0.3, 0.4) is 0 Å². The number of rotatable bonds is 3. The zero-order valence-corrected chi connectivity index (χ0v) is 15.1. The fraction of sp³-hybridized carbons (Fsp3) is 0.267. The van der Waals surface area contributed by atoms with Gasteiger partial charge < -0.3 is 10.6 Å². The summed E-state index contributed by atoms with van der Waals surface area (Å²) in [5.41, 5.74) is 1.41. The zero-order chi connectivity index (χ0) is 17.6. The summed E-state index contributed by atoms with van der Waals surface area (Å²) >= 11 is 2.63. The van der Waals surface area contributed by atoms with Crippen molar-refractivity contribution in [1.29, 1.82) is 0 Å². The minimum absolute atomic E-state index is 0.0609. The van der Waals surface area contributed by atoms with E-state index in [9.17, 15) is 9.59 Å². The summed E-state index contributed by atoms with van der Waals surface area (Å²) in [7, 11) is 1.74. The first-order valence-electron chi connectivity index (χ1n) is 7.55. The number of nitrogens with one attached hydrogen (secondary N) is 2. The van der Waals surface area contributed by atoms with Crippen LogP contribution in [0.5, 0.6) is 0 Å². The molecule has 128 valence electrons. The summed E-state index contributed by atoms with van der Waals surface area (Å²) in [6, 6.07) is 3.95. The van der Waals surface area contributed by atoms with Crippen LogP contribution in [0.4, 0.5) is 11.6 Å². The van der Waals surface area contributed by atoms with Gasteiger partial charge in [0.15, 0.2) is 5.82 Å². The second kappa shape index (κ2) is 6.05. The molecule has 0 spiro atoms. The molecule has 4 rings (SSSR count). The second-order valence-electron chi connectivity index (χ2n) is 5.70. The summed E-state index contributed by atoms with van der Waals surface area (Å²) in [5.74, 6) is 0.579. The molecular weight excluding hydrogens is 360 g/mol. The maximum Gasteiger partial charge on any atom is 0.270 e. The SMILES string of the molecule is Cc1nnsc1C(=O)Nc1nn(C)c2c1[C@@H](c1cccs1)CC(=O)N2. The number of aromatic nitrogens is 4. The first-order valence-corrected chi connectivity index (χ1v) is 9.20. The largest absolute Gasteiger partial charge is 0.311 e. The Balaban J connectivity index is 1.75. The summed E-state index contributed by atoms with van der Waals surface area (Å²) < 4.78 is 5.38. The van der Waals surface area contributed by atoms with E-state index in [1.54, 1.807) is 30.0 Å². The third kappa shape index (κ3) is 2.72. The minimum atomic E-state index is -0.296.